The van der Waals surface area contributed by atoms with Gasteiger partial charge in [-0.15, -0.1) is 10.2 Å². The molecule has 2 aromatic rings. The molecule has 0 radical (unpaired) electrons. The molecule has 1 aliphatic rings. The van der Waals surface area contributed by atoms with Crippen LogP contribution in [0.3, 0.4) is 0 Å². The Kier molecular flexibility index (Phi) is 5.60. The fourth-order valence-electron chi connectivity index (χ4n) is 2.23. The van der Waals surface area contributed by atoms with Crippen LogP contribution < -0.4 is 5.32 Å². The summed E-state index contributed by atoms with van der Waals surface area (Å²) in [4.78, 5) is 19.0. The zero-order valence-electron chi connectivity index (χ0n) is 12.5. The van der Waals surface area contributed by atoms with Gasteiger partial charge in [-0.3, -0.25) is 10.1 Å². The normalized spacial score (nSPS) is 15.0. The van der Waals surface area contributed by atoms with E-state index < -0.39 is 0 Å². The van der Waals surface area contributed by atoms with Crippen LogP contribution in [0.4, 0.5) is 10.8 Å². The number of carbonyl (C=O) groups is 1. The highest BCUT2D eigenvalue weighted by Gasteiger charge is 2.18. The number of benzene rings is 1. The van der Waals surface area contributed by atoms with Crippen LogP contribution in [0.1, 0.15) is 12.8 Å². The molecule has 6 nitrogen and oxygen atoms in total. The van der Waals surface area contributed by atoms with Crippen molar-refractivity contribution >= 4 is 45.0 Å². The second-order valence-corrected chi connectivity index (χ2v) is 6.78. The molecule has 1 fully saturated rings. The van der Waals surface area contributed by atoms with E-state index in [4.69, 9.17) is 4.99 Å². The van der Waals surface area contributed by atoms with Gasteiger partial charge in [-0.2, -0.15) is 0 Å². The lowest BCUT2D eigenvalue weighted by Crippen LogP contribution is -2.27. The van der Waals surface area contributed by atoms with Crippen molar-refractivity contribution in [3.63, 3.8) is 0 Å². The number of aromatic nitrogens is 2. The average molecular weight is 347 g/mol. The third-order valence-corrected chi connectivity index (χ3v) is 4.92. The van der Waals surface area contributed by atoms with Gasteiger partial charge in [0.1, 0.15) is 5.51 Å². The van der Waals surface area contributed by atoms with E-state index in [0.717, 1.165) is 23.9 Å². The van der Waals surface area contributed by atoms with E-state index in [1.54, 1.807) is 5.51 Å². The minimum atomic E-state index is -0.0910. The Hall–Kier alpha value is -1.93. The quantitative estimate of drug-likeness (QED) is 0.680. The highest BCUT2D eigenvalue weighted by Crippen LogP contribution is 2.21. The third kappa shape index (κ3) is 4.77. The molecule has 8 heteroatoms. The molecule has 0 spiro atoms. The first-order valence-corrected chi connectivity index (χ1v) is 9.25. The summed E-state index contributed by atoms with van der Waals surface area (Å²) < 4.78 is 0. The minimum Gasteiger partial charge on any atom is -0.351 e. The fourth-order valence-corrected chi connectivity index (χ4v) is 3.56. The molecule has 2 heterocycles. The number of anilines is 1. The molecule has 1 aromatic heterocycles. The van der Waals surface area contributed by atoms with E-state index in [2.05, 4.69) is 20.4 Å². The molecule has 3 rings (SSSR count). The van der Waals surface area contributed by atoms with E-state index in [9.17, 15) is 4.79 Å². The summed E-state index contributed by atoms with van der Waals surface area (Å²) in [7, 11) is 0. The number of hydrogen-bond donors (Lipinski definition) is 1. The van der Waals surface area contributed by atoms with Gasteiger partial charge in [0.2, 0.25) is 11.0 Å². The number of thioether (sulfide) groups is 1. The summed E-state index contributed by atoms with van der Waals surface area (Å²) >= 11 is 2.77. The number of likely N-dealkylation sites (tertiary alicyclic amines) is 1. The Morgan fingerprint density at radius 2 is 2.09 bits per heavy atom. The lowest BCUT2D eigenvalue weighted by Gasteiger charge is -2.19. The molecule has 0 aliphatic carbocycles. The van der Waals surface area contributed by atoms with Crippen molar-refractivity contribution in [3.05, 3.63) is 35.8 Å². The largest absolute Gasteiger partial charge is 0.351 e. The molecular weight excluding hydrogens is 330 g/mol. The van der Waals surface area contributed by atoms with Crippen LogP contribution in [0.15, 0.2) is 40.8 Å². The van der Waals surface area contributed by atoms with E-state index >= 15 is 0 Å². The molecule has 1 aliphatic heterocycles. The van der Waals surface area contributed by atoms with Gasteiger partial charge < -0.3 is 4.90 Å². The lowest BCUT2D eigenvalue weighted by atomic mass is 10.3. The number of amidine groups is 1. The molecule has 23 heavy (non-hydrogen) atoms. The van der Waals surface area contributed by atoms with Crippen molar-refractivity contribution in [3.8, 4) is 0 Å². The average Bonchev–Trinajstić information content (AvgIpc) is 3.26. The van der Waals surface area contributed by atoms with E-state index in [1.165, 1.54) is 35.9 Å². The smallest absolute Gasteiger partial charge is 0.236 e. The first kappa shape index (κ1) is 15.9. The Balaban J connectivity index is 1.64. The minimum absolute atomic E-state index is 0.0910. The first-order valence-electron chi connectivity index (χ1n) is 7.39. The summed E-state index contributed by atoms with van der Waals surface area (Å²) in [5.41, 5.74) is 2.50. The maximum absolute atomic E-state index is 12.0. The zero-order valence-corrected chi connectivity index (χ0v) is 14.1. The summed E-state index contributed by atoms with van der Waals surface area (Å²) in [6.45, 7) is 1.99. The molecule has 0 saturated carbocycles. The van der Waals surface area contributed by atoms with Gasteiger partial charge in [0.05, 0.1) is 11.4 Å². The second-order valence-electron chi connectivity index (χ2n) is 5.00. The maximum Gasteiger partial charge on any atom is 0.236 e. The topological polar surface area (TPSA) is 70.5 Å². The molecular formula is C15H17N5OS2. The van der Waals surface area contributed by atoms with Crippen LogP contribution in [0.5, 0.6) is 0 Å². The Bertz CT molecular complexity index is 654. The number of para-hydroxylation sites is 1. The van der Waals surface area contributed by atoms with Gasteiger partial charge in [-0.05, 0) is 25.0 Å². The van der Waals surface area contributed by atoms with Crippen molar-refractivity contribution in [2.24, 2.45) is 4.99 Å². The van der Waals surface area contributed by atoms with Crippen molar-refractivity contribution in [1.29, 1.82) is 0 Å². The predicted octanol–water partition coefficient (Wildman–Crippen LogP) is 2.99. The summed E-state index contributed by atoms with van der Waals surface area (Å²) in [5.74, 6) is 0.216. The van der Waals surface area contributed by atoms with Gasteiger partial charge in [0.25, 0.3) is 0 Å². The van der Waals surface area contributed by atoms with Crippen LogP contribution in [0.2, 0.25) is 0 Å². The molecule has 0 bridgehead atoms. The van der Waals surface area contributed by atoms with Gasteiger partial charge in [-0.1, -0.05) is 41.3 Å². The van der Waals surface area contributed by atoms with E-state index in [1.807, 2.05) is 30.3 Å². The third-order valence-electron chi connectivity index (χ3n) is 3.30. The highest BCUT2D eigenvalue weighted by molar-refractivity contribution is 8.14. The summed E-state index contributed by atoms with van der Waals surface area (Å²) in [6.07, 6.45) is 2.34. The number of rotatable bonds is 4. The van der Waals surface area contributed by atoms with Crippen molar-refractivity contribution in [1.82, 2.24) is 15.1 Å². The van der Waals surface area contributed by atoms with Gasteiger partial charge in [-0.25, -0.2) is 4.99 Å². The number of nitrogens with one attached hydrogen (secondary N) is 1. The van der Waals surface area contributed by atoms with Crippen LogP contribution >= 0.6 is 23.1 Å². The SMILES string of the molecule is O=C(CSC(=Nc1ccccc1)N1CCCC1)Nc1nncs1. The van der Waals surface area contributed by atoms with Crippen LogP contribution in [0.25, 0.3) is 0 Å². The first-order chi connectivity index (χ1) is 11.3. The van der Waals surface area contributed by atoms with Crippen molar-refractivity contribution in [2.45, 2.75) is 12.8 Å². The van der Waals surface area contributed by atoms with E-state index in [-0.39, 0.29) is 5.91 Å². The molecule has 1 aromatic carbocycles. The monoisotopic (exact) mass is 347 g/mol. The highest BCUT2D eigenvalue weighted by atomic mass is 32.2. The number of hydrogen-bond acceptors (Lipinski definition) is 6. The zero-order chi connectivity index (χ0) is 15.9. The van der Waals surface area contributed by atoms with Gasteiger partial charge >= 0.3 is 0 Å². The van der Waals surface area contributed by atoms with Crippen LogP contribution in [-0.2, 0) is 4.79 Å². The van der Waals surface area contributed by atoms with Crippen LogP contribution in [-0.4, -0.2) is 45.0 Å². The van der Waals surface area contributed by atoms with Gasteiger partial charge in [0, 0.05) is 13.1 Å². The lowest BCUT2D eigenvalue weighted by molar-refractivity contribution is -0.113. The standard InChI is InChI=1S/C15H17N5OS2/c21-13(18-14-19-16-11-23-14)10-22-15(20-8-4-5-9-20)17-12-6-2-1-3-7-12/h1-3,6-7,11H,4-5,8-10H2,(H,18,19,21). The Morgan fingerprint density at radius 3 is 2.78 bits per heavy atom. The summed E-state index contributed by atoms with van der Waals surface area (Å²) in [6, 6.07) is 9.84. The fraction of sp³-hybridized carbons (Fsp3) is 0.333. The van der Waals surface area contributed by atoms with Crippen molar-refractivity contribution in [2.75, 3.05) is 24.2 Å². The van der Waals surface area contributed by atoms with Gasteiger partial charge in [0.15, 0.2) is 5.17 Å². The predicted molar refractivity (Wildman–Crippen MR) is 95.3 cm³/mol. The van der Waals surface area contributed by atoms with Crippen molar-refractivity contribution < 1.29 is 4.79 Å². The Labute approximate surface area is 143 Å². The molecule has 1 amide bonds. The molecule has 1 saturated heterocycles. The maximum atomic E-state index is 12.0. The number of nitrogens with zero attached hydrogens (tertiary/aromatic N) is 4. The molecule has 1 N–H and O–H groups in total. The Morgan fingerprint density at radius 1 is 1.30 bits per heavy atom. The van der Waals surface area contributed by atoms with E-state index in [0.29, 0.717) is 10.9 Å². The number of carbonyl (C=O) groups excluding carboxylic acids is 1. The molecule has 120 valence electrons. The number of aliphatic imine (C=N–C) groups is 1. The molecule has 0 atom stereocenters. The number of amides is 1. The molecule has 0 unspecified atom stereocenters. The summed E-state index contributed by atoms with van der Waals surface area (Å²) in [5, 5.41) is 11.7. The second kappa shape index (κ2) is 8.07. The van der Waals surface area contributed by atoms with Crippen LogP contribution in [0, 0.1) is 0 Å².